The highest BCUT2D eigenvalue weighted by Crippen LogP contribution is 2.47. The summed E-state index contributed by atoms with van der Waals surface area (Å²) >= 11 is 5.90. The fraction of sp³-hybridized carbons (Fsp3) is 0.647. The molecule has 0 aliphatic heterocycles. The van der Waals surface area contributed by atoms with E-state index in [-0.39, 0.29) is 21.8 Å². The van der Waals surface area contributed by atoms with Crippen molar-refractivity contribution in [3.8, 4) is 0 Å². The highest BCUT2D eigenvalue weighted by Gasteiger charge is 2.42. The normalized spacial score (nSPS) is 18.9. The van der Waals surface area contributed by atoms with Crippen LogP contribution in [-0.2, 0) is 6.42 Å². The van der Waals surface area contributed by atoms with Crippen LogP contribution >= 0.6 is 11.6 Å². The Balaban J connectivity index is 2.14. The zero-order chi connectivity index (χ0) is 15.0. The van der Waals surface area contributed by atoms with E-state index in [1.54, 1.807) is 6.07 Å². The SMILES string of the molecule is CC(C)(C)NCC(C)(Cc1cccc(Cl)c1F)C1CC1. The summed E-state index contributed by atoms with van der Waals surface area (Å²) < 4.78 is 14.1. The van der Waals surface area contributed by atoms with Gasteiger partial charge in [-0.3, -0.25) is 0 Å². The van der Waals surface area contributed by atoms with Crippen LogP contribution in [0.25, 0.3) is 0 Å². The van der Waals surface area contributed by atoms with Gasteiger partial charge in [0, 0.05) is 12.1 Å². The van der Waals surface area contributed by atoms with E-state index < -0.39 is 0 Å². The average Bonchev–Trinajstić information content (AvgIpc) is 3.16. The molecule has 1 aromatic carbocycles. The van der Waals surface area contributed by atoms with Gasteiger partial charge in [0.2, 0.25) is 0 Å². The summed E-state index contributed by atoms with van der Waals surface area (Å²) in [6, 6.07) is 5.31. The van der Waals surface area contributed by atoms with Gasteiger partial charge in [0.1, 0.15) is 5.82 Å². The maximum absolute atomic E-state index is 14.1. The predicted molar refractivity (Wildman–Crippen MR) is 83.7 cm³/mol. The van der Waals surface area contributed by atoms with Crippen molar-refractivity contribution in [2.45, 2.75) is 52.5 Å². The van der Waals surface area contributed by atoms with Crippen LogP contribution in [-0.4, -0.2) is 12.1 Å². The van der Waals surface area contributed by atoms with Crippen LogP contribution in [0.15, 0.2) is 18.2 Å². The van der Waals surface area contributed by atoms with Gasteiger partial charge in [-0.1, -0.05) is 30.7 Å². The van der Waals surface area contributed by atoms with Crippen LogP contribution in [0.4, 0.5) is 4.39 Å². The number of rotatable bonds is 5. The number of hydrogen-bond donors (Lipinski definition) is 1. The quantitative estimate of drug-likeness (QED) is 0.821. The zero-order valence-electron chi connectivity index (χ0n) is 12.9. The van der Waals surface area contributed by atoms with Crippen LogP contribution in [0, 0.1) is 17.2 Å². The molecule has 1 aromatic rings. The second-order valence-corrected chi connectivity index (χ2v) is 7.83. The van der Waals surface area contributed by atoms with Crippen molar-refractivity contribution >= 4 is 11.6 Å². The Morgan fingerprint density at radius 3 is 2.45 bits per heavy atom. The van der Waals surface area contributed by atoms with Crippen molar-refractivity contribution in [1.29, 1.82) is 0 Å². The Kier molecular flexibility index (Phi) is 4.46. The molecule has 1 aliphatic rings. The topological polar surface area (TPSA) is 12.0 Å². The summed E-state index contributed by atoms with van der Waals surface area (Å²) in [6.45, 7) is 9.68. The lowest BCUT2D eigenvalue weighted by Crippen LogP contribution is -2.44. The van der Waals surface area contributed by atoms with Gasteiger partial charge in [0.05, 0.1) is 5.02 Å². The van der Waals surface area contributed by atoms with E-state index in [2.05, 4.69) is 33.0 Å². The molecule has 0 spiro atoms. The van der Waals surface area contributed by atoms with Crippen molar-refractivity contribution in [2.75, 3.05) is 6.54 Å². The number of halogens is 2. The van der Waals surface area contributed by atoms with E-state index in [0.717, 1.165) is 18.5 Å². The second kappa shape index (κ2) is 5.65. The van der Waals surface area contributed by atoms with Crippen LogP contribution in [0.1, 0.15) is 46.1 Å². The maximum atomic E-state index is 14.1. The molecule has 0 amide bonds. The van der Waals surface area contributed by atoms with Crippen molar-refractivity contribution in [3.63, 3.8) is 0 Å². The average molecular weight is 298 g/mol. The molecule has 2 rings (SSSR count). The van der Waals surface area contributed by atoms with Crippen molar-refractivity contribution in [2.24, 2.45) is 11.3 Å². The van der Waals surface area contributed by atoms with Crippen molar-refractivity contribution in [3.05, 3.63) is 34.6 Å². The van der Waals surface area contributed by atoms with Crippen molar-refractivity contribution < 1.29 is 4.39 Å². The summed E-state index contributed by atoms with van der Waals surface area (Å²) in [5.41, 5.74) is 0.921. The third-order valence-electron chi connectivity index (χ3n) is 4.21. The largest absolute Gasteiger partial charge is 0.312 e. The zero-order valence-corrected chi connectivity index (χ0v) is 13.6. The number of benzene rings is 1. The molecule has 1 unspecified atom stereocenters. The van der Waals surface area contributed by atoms with Crippen LogP contribution < -0.4 is 5.32 Å². The first-order valence-corrected chi connectivity index (χ1v) is 7.77. The van der Waals surface area contributed by atoms with Gasteiger partial charge in [-0.15, -0.1) is 0 Å². The maximum Gasteiger partial charge on any atom is 0.144 e. The lowest BCUT2D eigenvalue weighted by molar-refractivity contribution is 0.225. The molecule has 1 nitrogen and oxygen atoms in total. The molecule has 0 bridgehead atoms. The molecule has 3 heteroatoms. The van der Waals surface area contributed by atoms with Gasteiger partial charge in [-0.05, 0) is 63.0 Å². The van der Waals surface area contributed by atoms with Gasteiger partial charge in [0.15, 0.2) is 0 Å². The Hall–Kier alpha value is -0.600. The van der Waals surface area contributed by atoms with Gasteiger partial charge in [-0.2, -0.15) is 0 Å². The Bertz CT molecular complexity index is 476. The van der Waals surface area contributed by atoms with Crippen molar-refractivity contribution in [1.82, 2.24) is 5.32 Å². The number of hydrogen-bond acceptors (Lipinski definition) is 1. The fourth-order valence-electron chi connectivity index (χ4n) is 2.72. The van der Waals surface area contributed by atoms with E-state index in [9.17, 15) is 4.39 Å². The Morgan fingerprint density at radius 1 is 1.25 bits per heavy atom. The molecule has 1 fully saturated rings. The van der Waals surface area contributed by atoms with Gasteiger partial charge in [-0.25, -0.2) is 4.39 Å². The van der Waals surface area contributed by atoms with E-state index in [4.69, 9.17) is 11.6 Å². The van der Waals surface area contributed by atoms with E-state index in [0.29, 0.717) is 5.92 Å². The highest BCUT2D eigenvalue weighted by atomic mass is 35.5. The molecule has 1 atom stereocenters. The third-order valence-corrected chi connectivity index (χ3v) is 4.50. The van der Waals surface area contributed by atoms with Gasteiger partial charge < -0.3 is 5.32 Å². The molecular weight excluding hydrogens is 273 g/mol. The molecule has 0 radical (unpaired) electrons. The third kappa shape index (κ3) is 3.95. The van der Waals surface area contributed by atoms with Crippen LogP contribution in [0.5, 0.6) is 0 Å². The summed E-state index contributed by atoms with van der Waals surface area (Å²) in [5.74, 6) is 0.438. The van der Waals surface area contributed by atoms with Gasteiger partial charge in [0.25, 0.3) is 0 Å². The smallest absolute Gasteiger partial charge is 0.144 e. The molecule has 1 saturated carbocycles. The predicted octanol–water partition coefficient (Wildman–Crippen LogP) is 4.83. The molecule has 0 saturated heterocycles. The molecule has 0 heterocycles. The number of nitrogens with one attached hydrogen (secondary N) is 1. The first-order valence-electron chi connectivity index (χ1n) is 7.39. The molecule has 0 aromatic heterocycles. The van der Waals surface area contributed by atoms with Crippen LogP contribution in [0.3, 0.4) is 0 Å². The lowest BCUT2D eigenvalue weighted by atomic mass is 9.78. The molecule has 1 aliphatic carbocycles. The van der Waals surface area contributed by atoms with Gasteiger partial charge >= 0.3 is 0 Å². The Morgan fingerprint density at radius 2 is 1.90 bits per heavy atom. The minimum Gasteiger partial charge on any atom is -0.312 e. The molecule has 112 valence electrons. The highest BCUT2D eigenvalue weighted by molar-refractivity contribution is 6.30. The minimum absolute atomic E-state index is 0.0863. The fourth-order valence-corrected chi connectivity index (χ4v) is 2.91. The van der Waals surface area contributed by atoms with E-state index in [1.807, 2.05) is 12.1 Å². The monoisotopic (exact) mass is 297 g/mol. The summed E-state index contributed by atoms with van der Waals surface area (Å²) in [7, 11) is 0. The Labute approximate surface area is 126 Å². The first-order chi connectivity index (χ1) is 9.21. The summed E-state index contributed by atoms with van der Waals surface area (Å²) in [4.78, 5) is 0. The summed E-state index contributed by atoms with van der Waals surface area (Å²) in [5, 5.41) is 3.81. The molecule has 20 heavy (non-hydrogen) atoms. The molecule has 1 N–H and O–H groups in total. The minimum atomic E-state index is -0.253. The summed E-state index contributed by atoms with van der Waals surface area (Å²) in [6.07, 6.45) is 3.25. The first kappa shape index (κ1) is 15.8. The standard InChI is InChI=1S/C17H25ClFN/c1-16(2,3)20-11-17(4,13-8-9-13)10-12-6-5-7-14(18)15(12)19/h5-7,13,20H,8-11H2,1-4H3. The molecular formula is C17H25ClFN. The second-order valence-electron chi connectivity index (χ2n) is 7.42. The van der Waals surface area contributed by atoms with E-state index >= 15 is 0 Å². The van der Waals surface area contributed by atoms with Crippen LogP contribution in [0.2, 0.25) is 5.02 Å². The van der Waals surface area contributed by atoms with E-state index in [1.165, 1.54) is 12.8 Å². The lowest BCUT2D eigenvalue weighted by Gasteiger charge is -2.34.